The van der Waals surface area contributed by atoms with E-state index in [4.69, 9.17) is 4.74 Å². The molecule has 0 N–H and O–H groups in total. The van der Waals surface area contributed by atoms with Crippen molar-refractivity contribution >= 4 is 29.1 Å². The van der Waals surface area contributed by atoms with Crippen LogP contribution in [-0.2, 0) is 22.5 Å². The molecule has 1 saturated carbocycles. The molecule has 2 fully saturated rings. The van der Waals surface area contributed by atoms with Crippen molar-refractivity contribution in [2.45, 2.75) is 82.3 Å². The largest absolute Gasteiger partial charge is 0.609 e. The molecule has 0 spiro atoms. The first-order valence-electron chi connectivity index (χ1n) is 10.9. The summed E-state index contributed by atoms with van der Waals surface area (Å²) in [4.78, 5) is 40.2. The van der Waals surface area contributed by atoms with E-state index in [9.17, 15) is 14.1 Å². The van der Waals surface area contributed by atoms with E-state index in [1.807, 2.05) is 25.7 Å². The van der Waals surface area contributed by atoms with Crippen molar-refractivity contribution in [3.8, 4) is 0 Å². The SMILES string of the molecule is C[S+]([O-])c1ncc2c(n1)N(C1CCCC1)C(=O)N([C@@H]1CCN(C(=O)OC(C)(C)C)C1)C2. The summed E-state index contributed by atoms with van der Waals surface area (Å²) in [7, 11) is 0. The first-order valence-corrected chi connectivity index (χ1v) is 12.5. The minimum atomic E-state index is -1.32. The van der Waals surface area contributed by atoms with Gasteiger partial charge in [-0.2, -0.15) is 9.97 Å². The Hall–Kier alpha value is -2.07. The average Bonchev–Trinajstić information content (AvgIpc) is 3.38. The third-order valence-corrected chi connectivity index (χ3v) is 6.75. The van der Waals surface area contributed by atoms with Crippen LogP contribution in [0.2, 0.25) is 0 Å². The van der Waals surface area contributed by atoms with E-state index in [2.05, 4.69) is 9.97 Å². The molecule has 0 bridgehead atoms. The molecule has 4 rings (SSSR count). The summed E-state index contributed by atoms with van der Waals surface area (Å²) < 4.78 is 17.4. The zero-order valence-electron chi connectivity index (χ0n) is 18.7. The lowest BCUT2D eigenvalue weighted by molar-refractivity contribution is 0.0282. The predicted octanol–water partition coefficient (Wildman–Crippen LogP) is 2.91. The molecule has 31 heavy (non-hydrogen) atoms. The van der Waals surface area contributed by atoms with Crippen molar-refractivity contribution in [2.75, 3.05) is 24.2 Å². The zero-order valence-corrected chi connectivity index (χ0v) is 19.5. The van der Waals surface area contributed by atoms with Gasteiger partial charge in [0.25, 0.3) is 0 Å². The van der Waals surface area contributed by atoms with Gasteiger partial charge in [0.2, 0.25) is 0 Å². The highest BCUT2D eigenvalue weighted by Gasteiger charge is 2.43. The van der Waals surface area contributed by atoms with Crippen molar-refractivity contribution in [1.29, 1.82) is 0 Å². The summed E-state index contributed by atoms with van der Waals surface area (Å²) in [6.07, 6.45) is 7.63. The summed E-state index contributed by atoms with van der Waals surface area (Å²) in [5, 5.41) is 0.250. The second-order valence-corrected chi connectivity index (χ2v) is 10.8. The van der Waals surface area contributed by atoms with Gasteiger partial charge in [0.05, 0.1) is 12.6 Å². The highest BCUT2D eigenvalue weighted by atomic mass is 32.2. The molecular formula is C21H31N5O4S. The maximum absolute atomic E-state index is 13.6. The van der Waals surface area contributed by atoms with E-state index in [1.165, 1.54) is 0 Å². The van der Waals surface area contributed by atoms with Crippen molar-refractivity contribution < 1.29 is 18.9 Å². The fraction of sp³-hybridized carbons (Fsp3) is 0.714. The fourth-order valence-electron chi connectivity index (χ4n) is 4.59. The molecule has 3 amide bonds. The summed E-state index contributed by atoms with van der Waals surface area (Å²) >= 11 is -1.32. The maximum Gasteiger partial charge on any atom is 0.410 e. The topological polar surface area (TPSA) is 102 Å². The van der Waals surface area contributed by atoms with E-state index < -0.39 is 16.8 Å². The lowest BCUT2D eigenvalue weighted by Gasteiger charge is -2.41. The van der Waals surface area contributed by atoms with Crippen LogP contribution in [0.3, 0.4) is 0 Å². The molecule has 1 aromatic heterocycles. The number of hydrogen-bond donors (Lipinski definition) is 0. The Bertz CT molecular complexity index is 853. The molecule has 1 aromatic rings. The average molecular weight is 450 g/mol. The van der Waals surface area contributed by atoms with E-state index in [0.29, 0.717) is 31.9 Å². The maximum atomic E-state index is 13.6. The highest BCUT2D eigenvalue weighted by Crippen LogP contribution is 2.36. The minimum Gasteiger partial charge on any atom is -0.609 e. The third-order valence-electron chi connectivity index (χ3n) is 6.04. The van der Waals surface area contributed by atoms with Gasteiger partial charge in [0.15, 0.2) is 5.82 Å². The lowest BCUT2D eigenvalue weighted by atomic mass is 10.1. The van der Waals surface area contributed by atoms with Crippen LogP contribution in [0.15, 0.2) is 11.4 Å². The Morgan fingerprint density at radius 3 is 2.58 bits per heavy atom. The number of aromatic nitrogens is 2. The Labute approximate surface area is 186 Å². The normalized spacial score (nSPS) is 23.3. The Balaban J connectivity index is 1.57. The van der Waals surface area contributed by atoms with Crippen LogP contribution in [0, 0.1) is 0 Å². The van der Waals surface area contributed by atoms with Gasteiger partial charge in [0.1, 0.15) is 11.9 Å². The van der Waals surface area contributed by atoms with Gasteiger partial charge in [-0.25, -0.2) is 9.59 Å². The Morgan fingerprint density at radius 2 is 1.94 bits per heavy atom. The number of anilines is 1. The zero-order chi connectivity index (χ0) is 22.3. The molecule has 9 nitrogen and oxygen atoms in total. The van der Waals surface area contributed by atoms with Crippen molar-refractivity contribution in [3.05, 3.63) is 11.8 Å². The molecule has 0 radical (unpaired) electrons. The van der Waals surface area contributed by atoms with Crippen LogP contribution >= 0.6 is 0 Å². The first-order chi connectivity index (χ1) is 14.6. The number of rotatable bonds is 3. The highest BCUT2D eigenvalue weighted by molar-refractivity contribution is 7.90. The molecule has 3 heterocycles. The summed E-state index contributed by atoms with van der Waals surface area (Å²) in [5.41, 5.74) is 0.305. The molecule has 0 aromatic carbocycles. The van der Waals surface area contributed by atoms with Gasteiger partial charge in [-0.15, -0.1) is 0 Å². The molecule has 3 aliphatic rings. The smallest absolute Gasteiger partial charge is 0.410 e. The number of hydrogen-bond acceptors (Lipinski definition) is 6. The van der Waals surface area contributed by atoms with E-state index in [1.54, 1.807) is 22.3 Å². The molecule has 1 unspecified atom stereocenters. The monoisotopic (exact) mass is 449 g/mol. The number of ether oxygens (including phenoxy) is 1. The van der Waals surface area contributed by atoms with Gasteiger partial charge in [-0.05, 0) is 40.0 Å². The number of amides is 3. The number of likely N-dealkylation sites (tertiary alicyclic amines) is 1. The van der Waals surface area contributed by atoms with Crippen LogP contribution < -0.4 is 4.90 Å². The van der Waals surface area contributed by atoms with Crippen molar-refractivity contribution in [2.24, 2.45) is 0 Å². The van der Waals surface area contributed by atoms with Gasteiger partial charge < -0.3 is 19.1 Å². The quantitative estimate of drug-likeness (QED) is 0.519. The molecule has 2 atom stereocenters. The van der Waals surface area contributed by atoms with Crippen molar-refractivity contribution in [1.82, 2.24) is 19.8 Å². The predicted molar refractivity (Wildman–Crippen MR) is 116 cm³/mol. The van der Waals surface area contributed by atoms with Gasteiger partial charge in [-0.1, -0.05) is 12.8 Å². The number of carbonyl (C=O) groups excluding carboxylic acids is 2. The third kappa shape index (κ3) is 4.59. The van der Waals surface area contributed by atoms with Crippen LogP contribution in [0.5, 0.6) is 0 Å². The second-order valence-electron chi connectivity index (χ2n) is 9.54. The second kappa shape index (κ2) is 8.46. The first kappa shape index (κ1) is 22.1. The van der Waals surface area contributed by atoms with Crippen molar-refractivity contribution in [3.63, 3.8) is 0 Å². The summed E-state index contributed by atoms with van der Waals surface area (Å²) in [5.74, 6) is 0.593. The van der Waals surface area contributed by atoms with Gasteiger partial charge in [0, 0.05) is 42.1 Å². The number of fused-ring (bicyclic) bond motifs is 1. The lowest BCUT2D eigenvalue weighted by Crippen LogP contribution is -2.55. The van der Waals surface area contributed by atoms with Gasteiger partial charge >= 0.3 is 17.3 Å². The van der Waals surface area contributed by atoms with Crippen LogP contribution in [0.4, 0.5) is 15.4 Å². The molecule has 10 heteroatoms. The van der Waals surface area contributed by atoms with Crippen LogP contribution in [-0.4, -0.2) is 73.5 Å². The Kier molecular flexibility index (Phi) is 6.04. The van der Waals surface area contributed by atoms with E-state index in [0.717, 1.165) is 31.2 Å². The number of urea groups is 1. The minimum absolute atomic E-state index is 0.0815. The Morgan fingerprint density at radius 1 is 1.23 bits per heavy atom. The summed E-state index contributed by atoms with van der Waals surface area (Å²) in [6.45, 7) is 6.94. The molecule has 2 aliphatic heterocycles. The molecule has 1 aliphatic carbocycles. The van der Waals surface area contributed by atoms with E-state index >= 15 is 0 Å². The van der Waals surface area contributed by atoms with Crippen LogP contribution in [0.25, 0.3) is 0 Å². The molecule has 1 saturated heterocycles. The fourth-order valence-corrected chi connectivity index (χ4v) is 5.00. The number of nitrogens with zero attached hydrogens (tertiary/aromatic N) is 5. The number of carbonyl (C=O) groups is 2. The molecular weight excluding hydrogens is 418 g/mol. The van der Waals surface area contributed by atoms with Gasteiger partial charge in [-0.3, -0.25) is 4.90 Å². The van der Waals surface area contributed by atoms with E-state index in [-0.39, 0.29) is 29.4 Å². The summed E-state index contributed by atoms with van der Waals surface area (Å²) in [6, 6.07) is -0.0792. The molecule has 170 valence electrons. The van der Waals surface area contributed by atoms with Crippen LogP contribution in [0.1, 0.15) is 58.4 Å². The standard InChI is InChI=1S/C21H31N5O4S/c1-21(2,3)30-20(28)24-10-9-16(13-24)25-12-14-11-22-18(31(4)29)23-17(14)26(19(25)27)15-7-5-6-8-15/h11,15-16H,5-10,12-13H2,1-4H3/t16-,31?/m1/s1.